The van der Waals surface area contributed by atoms with E-state index >= 15 is 0 Å². The Balaban J connectivity index is 3.95. The summed E-state index contributed by atoms with van der Waals surface area (Å²) in [7, 11) is 1.28. The molecule has 0 bridgehead atoms. The minimum atomic E-state index is -4.61. The summed E-state index contributed by atoms with van der Waals surface area (Å²) < 4.78 is 23.5. The van der Waals surface area contributed by atoms with E-state index in [-0.39, 0.29) is 19.1 Å². The summed E-state index contributed by atoms with van der Waals surface area (Å²) in [4.78, 5) is 25.7. The molecule has 0 aromatic heterocycles. The van der Waals surface area contributed by atoms with Crippen LogP contribution in [0.2, 0.25) is 0 Å². The van der Waals surface area contributed by atoms with Crippen LogP contribution in [0.1, 0.15) is 418 Å². The van der Waals surface area contributed by atoms with Crippen LogP contribution >= 0.6 is 7.82 Å². The van der Waals surface area contributed by atoms with Crippen LogP contribution in [0.15, 0.2) is 48.6 Å². The number of nitrogens with zero attached hydrogens (tertiary/aromatic N) is 1. The smallest absolute Gasteiger partial charge is 0.268 e. The van der Waals surface area contributed by atoms with E-state index in [0.29, 0.717) is 17.4 Å². The van der Waals surface area contributed by atoms with Gasteiger partial charge in [0.25, 0.3) is 7.82 Å². The zero-order valence-corrected chi connectivity index (χ0v) is 62.7. The Hall–Kier alpha value is -1.54. The van der Waals surface area contributed by atoms with E-state index in [1.807, 2.05) is 27.2 Å². The SMILES string of the molecule is CCCCCCC/C=C\C/C=C\C/C=C\CCCCCCCCCCCCCCCCCCCCCCCCC(=O)NC(COP(=O)([O-])OCC[N+](C)(C)C)C(O)/C=C/CCCCCCCCCCCCCCCCCCCCCCCCCCCCCCCC. The van der Waals surface area contributed by atoms with Crippen LogP contribution in [0.4, 0.5) is 0 Å². The third kappa shape index (κ3) is 75.7. The van der Waals surface area contributed by atoms with Gasteiger partial charge in [0.2, 0.25) is 5.91 Å². The Bertz CT molecular complexity index is 1630. The fraction of sp³-hybridized carbons (Fsp3) is 0.890. The third-order valence-corrected chi connectivity index (χ3v) is 19.7. The van der Waals surface area contributed by atoms with E-state index in [4.69, 9.17) is 9.05 Å². The lowest BCUT2D eigenvalue weighted by Gasteiger charge is -2.29. The Labute approximate surface area is 569 Å². The molecule has 0 aromatic carbocycles. The van der Waals surface area contributed by atoms with Crippen LogP contribution < -0.4 is 10.2 Å². The van der Waals surface area contributed by atoms with Crippen LogP contribution in [0.3, 0.4) is 0 Å². The molecule has 8 nitrogen and oxygen atoms in total. The average Bonchev–Trinajstić information content (AvgIpc) is 3.42. The number of quaternary nitrogens is 1. The largest absolute Gasteiger partial charge is 0.756 e. The van der Waals surface area contributed by atoms with Crippen molar-refractivity contribution in [1.82, 2.24) is 5.32 Å². The molecule has 91 heavy (non-hydrogen) atoms. The zero-order chi connectivity index (χ0) is 66.2. The van der Waals surface area contributed by atoms with Crippen LogP contribution in [0.5, 0.6) is 0 Å². The maximum Gasteiger partial charge on any atom is 0.268 e. The number of nitrogens with one attached hydrogen (secondary N) is 1. The fourth-order valence-corrected chi connectivity index (χ4v) is 13.2. The lowest BCUT2D eigenvalue weighted by Crippen LogP contribution is -2.45. The summed E-state index contributed by atoms with van der Waals surface area (Å²) in [5, 5.41) is 14.0. The number of hydrogen-bond acceptors (Lipinski definition) is 6. The van der Waals surface area contributed by atoms with Crippen molar-refractivity contribution in [2.75, 3.05) is 40.9 Å². The molecular weight excluding hydrogens is 1140 g/mol. The number of aliphatic hydroxyl groups is 1. The first kappa shape index (κ1) is 89.5. The molecule has 0 spiro atoms. The van der Waals surface area contributed by atoms with Crippen molar-refractivity contribution in [2.24, 2.45) is 0 Å². The van der Waals surface area contributed by atoms with Gasteiger partial charge in [-0.3, -0.25) is 9.36 Å². The number of rotatable bonds is 76. The number of aliphatic hydroxyl groups excluding tert-OH is 1. The van der Waals surface area contributed by atoms with Gasteiger partial charge in [-0.2, -0.15) is 0 Å². The Morgan fingerprint density at radius 3 is 0.923 bits per heavy atom. The van der Waals surface area contributed by atoms with E-state index in [0.717, 1.165) is 51.4 Å². The number of allylic oxidation sites excluding steroid dienone is 7. The molecule has 0 rings (SSSR count). The highest BCUT2D eigenvalue weighted by Gasteiger charge is 2.23. The molecule has 9 heteroatoms. The maximum absolute atomic E-state index is 13.1. The molecule has 0 aliphatic heterocycles. The normalized spacial score (nSPS) is 13.7. The monoisotopic (exact) mass is 1300 g/mol. The number of carbonyl (C=O) groups is 1. The highest BCUT2D eigenvalue weighted by atomic mass is 31.2. The molecule has 0 saturated heterocycles. The molecule has 1 amide bonds. The molecule has 538 valence electrons. The van der Waals surface area contributed by atoms with Gasteiger partial charge in [0.1, 0.15) is 13.2 Å². The number of carbonyl (C=O) groups excluding carboxylic acids is 1. The van der Waals surface area contributed by atoms with Gasteiger partial charge in [-0.1, -0.05) is 403 Å². The molecule has 0 fully saturated rings. The molecule has 0 aliphatic carbocycles. The second kappa shape index (κ2) is 72.7. The zero-order valence-electron chi connectivity index (χ0n) is 61.8. The second-order valence-electron chi connectivity index (χ2n) is 29.1. The van der Waals surface area contributed by atoms with E-state index in [2.05, 4.69) is 55.6 Å². The standard InChI is InChI=1S/C82H159N2O6P/c1-6-8-10-12-14-16-18-20-22-24-26-28-30-32-34-36-38-40-41-42-43-44-46-48-50-52-54-56-58-60-62-64-66-68-70-72-74-76-82(86)83-80(79-90-91(87,88)89-78-77-84(3,4)5)81(85)75-73-71-69-67-65-63-61-59-57-55-53-51-49-47-45-39-37-35-33-31-29-27-25-23-21-19-17-15-13-11-9-7-2/h18,20,24,26,30,32,73,75,80-81,85H,6-17,19,21-23,25,27-29,31,33-72,74,76-79H2,1-5H3,(H-,83,86,87,88)/b20-18-,26-24-,32-30-,75-73+. The number of hydrogen-bond donors (Lipinski definition) is 2. The first-order valence-electron chi connectivity index (χ1n) is 40.5. The lowest BCUT2D eigenvalue weighted by molar-refractivity contribution is -0.870. The van der Waals surface area contributed by atoms with Crippen LogP contribution in [-0.2, 0) is 18.4 Å². The van der Waals surface area contributed by atoms with Crippen molar-refractivity contribution in [2.45, 2.75) is 431 Å². The Morgan fingerprint density at radius 1 is 0.385 bits per heavy atom. The van der Waals surface area contributed by atoms with Gasteiger partial charge >= 0.3 is 0 Å². The highest BCUT2D eigenvalue weighted by molar-refractivity contribution is 7.45. The van der Waals surface area contributed by atoms with Crippen molar-refractivity contribution in [3.63, 3.8) is 0 Å². The predicted octanol–water partition coefficient (Wildman–Crippen LogP) is 25.9. The lowest BCUT2D eigenvalue weighted by atomic mass is 10.0. The van der Waals surface area contributed by atoms with E-state index in [1.165, 1.54) is 347 Å². The molecule has 3 atom stereocenters. The number of unbranched alkanes of at least 4 members (excludes halogenated alkanes) is 57. The van der Waals surface area contributed by atoms with Crippen molar-refractivity contribution in [3.8, 4) is 0 Å². The van der Waals surface area contributed by atoms with Crippen LogP contribution in [0.25, 0.3) is 0 Å². The molecule has 0 heterocycles. The molecule has 0 aromatic rings. The van der Waals surface area contributed by atoms with Gasteiger partial charge in [0, 0.05) is 6.42 Å². The van der Waals surface area contributed by atoms with Gasteiger partial charge < -0.3 is 28.8 Å². The topological polar surface area (TPSA) is 108 Å². The average molecular weight is 1300 g/mol. The summed E-state index contributed by atoms with van der Waals surface area (Å²) >= 11 is 0. The van der Waals surface area contributed by atoms with Crippen molar-refractivity contribution in [3.05, 3.63) is 48.6 Å². The second-order valence-corrected chi connectivity index (χ2v) is 30.5. The molecule has 0 radical (unpaired) electrons. The van der Waals surface area contributed by atoms with Gasteiger partial charge in [0.15, 0.2) is 0 Å². The summed E-state index contributed by atoms with van der Waals surface area (Å²) in [5.74, 6) is -0.189. The first-order chi connectivity index (χ1) is 44.5. The van der Waals surface area contributed by atoms with E-state index < -0.39 is 20.0 Å². The molecule has 0 aliphatic rings. The van der Waals surface area contributed by atoms with Gasteiger partial charge in [-0.25, -0.2) is 0 Å². The summed E-state index contributed by atoms with van der Waals surface area (Å²) in [6, 6.07) is -0.888. The molecule has 0 saturated carbocycles. The molecule has 3 unspecified atom stereocenters. The summed E-state index contributed by atoms with van der Waals surface area (Å²) in [6.07, 6.45) is 100.0. The van der Waals surface area contributed by atoms with Gasteiger partial charge in [-0.15, -0.1) is 0 Å². The first-order valence-corrected chi connectivity index (χ1v) is 42.0. The minimum Gasteiger partial charge on any atom is -0.756 e. The fourth-order valence-electron chi connectivity index (χ4n) is 12.5. The third-order valence-electron chi connectivity index (χ3n) is 18.8. The van der Waals surface area contributed by atoms with Crippen molar-refractivity contribution < 1.29 is 32.9 Å². The quantitative estimate of drug-likeness (QED) is 0.0272. The summed E-state index contributed by atoms with van der Waals surface area (Å²) in [5.41, 5.74) is 0. The predicted molar refractivity (Wildman–Crippen MR) is 399 cm³/mol. The van der Waals surface area contributed by atoms with Crippen molar-refractivity contribution >= 4 is 13.7 Å². The maximum atomic E-state index is 13.1. The minimum absolute atomic E-state index is 0.000922. The number of likely N-dealkylation sites (N-methyl/N-ethyl adjacent to an activating group) is 1. The Morgan fingerprint density at radius 2 is 0.637 bits per heavy atom. The molecule has 2 N–H and O–H groups in total. The van der Waals surface area contributed by atoms with E-state index in [9.17, 15) is 19.4 Å². The number of phosphoric ester groups is 1. The summed E-state index contributed by atoms with van der Waals surface area (Å²) in [6.45, 7) is 4.70. The molecular formula is C82H159N2O6P. The number of amides is 1. The van der Waals surface area contributed by atoms with Crippen molar-refractivity contribution in [1.29, 1.82) is 0 Å². The highest BCUT2D eigenvalue weighted by Crippen LogP contribution is 2.38. The van der Waals surface area contributed by atoms with Gasteiger partial charge in [-0.05, 0) is 57.8 Å². The van der Waals surface area contributed by atoms with E-state index in [1.54, 1.807) is 6.08 Å². The van der Waals surface area contributed by atoms with Crippen LogP contribution in [-0.4, -0.2) is 68.5 Å². The van der Waals surface area contributed by atoms with Gasteiger partial charge in [0.05, 0.1) is 39.9 Å². The Kier molecular flexibility index (Phi) is 71.5. The number of phosphoric acid groups is 1. The van der Waals surface area contributed by atoms with Crippen LogP contribution in [0, 0.1) is 0 Å².